The number of nitrogens with one attached hydrogen (secondary N) is 1. The standard InChI is InChI=1S/C18H30N2O/c1-4-5-6-13-18(2,3)14-20-17(21)12-9-15-7-10-16(19)11-8-15/h7-8,10-11H,4-6,9,12-14,19H2,1-3H3,(H,20,21). The summed E-state index contributed by atoms with van der Waals surface area (Å²) < 4.78 is 0. The zero-order chi connectivity index (χ0) is 15.7. The number of nitrogen functional groups attached to an aromatic ring is 1. The molecule has 0 fully saturated rings. The minimum atomic E-state index is 0.135. The number of nitrogens with two attached hydrogens (primary N) is 1. The summed E-state index contributed by atoms with van der Waals surface area (Å²) >= 11 is 0. The van der Waals surface area contributed by atoms with E-state index in [4.69, 9.17) is 5.73 Å². The molecule has 118 valence electrons. The van der Waals surface area contributed by atoms with Crippen LogP contribution in [0.4, 0.5) is 5.69 Å². The number of unbranched alkanes of at least 4 members (excludes halogenated alkanes) is 2. The van der Waals surface area contributed by atoms with Crippen LogP contribution in [0.2, 0.25) is 0 Å². The molecule has 0 radical (unpaired) electrons. The molecule has 0 atom stereocenters. The molecule has 0 unspecified atom stereocenters. The van der Waals surface area contributed by atoms with Crippen molar-refractivity contribution in [1.29, 1.82) is 0 Å². The molecule has 0 aromatic heterocycles. The lowest BCUT2D eigenvalue weighted by Crippen LogP contribution is -2.34. The smallest absolute Gasteiger partial charge is 0.220 e. The van der Waals surface area contributed by atoms with Crippen LogP contribution in [0.3, 0.4) is 0 Å². The second-order valence-corrected chi connectivity index (χ2v) is 6.64. The molecule has 21 heavy (non-hydrogen) atoms. The predicted octanol–water partition coefficient (Wildman–Crippen LogP) is 3.92. The highest BCUT2D eigenvalue weighted by Gasteiger charge is 2.18. The van der Waals surface area contributed by atoms with Gasteiger partial charge in [-0.25, -0.2) is 0 Å². The normalized spacial score (nSPS) is 11.4. The van der Waals surface area contributed by atoms with Gasteiger partial charge in [0.1, 0.15) is 0 Å². The lowest BCUT2D eigenvalue weighted by atomic mass is 9.87. The highest BCUT2D eigenvalue weighted by molar-refractivity contribution is 5.76. The van der Waals surface area contributed by atoms with Crippen molar-refractivity contribution in [2.75, 3.05) is 12.3 Å². The maximum Gasteiger partial charge on any atom is 0.220 e. The van der Waals surface area contributed by atoms with E-state index in [1.54, 1.807) is 0 Å². The molecular weight excluding hydrogens is 260 g/mol. The van der Waals surface area contributed by atoms with Crippen molar-refractivity contribution in [1.82, 2.24) is 5.32 Å². The fourth-order valence-corrected chi connectivity index (χ4v) is 2.31. The molecule has 0 aliphatic carbocycles. The molecule has 0 bridgehead atoms. The van der Waals surface area contributed by atoms with Crippen LogP contribution < -0.4 is 11.1 Å². The fraction of sp³-hybridized carbons (Fsp3) is 0.611. The SMILES string of the molecule is CCCCCC(C)(C)CNC(=O)CCc1ccc(N)cc1. The maximum atomic E-state index is 11.9. The second kappa shape index (κ2) is 8.71. The van der Waals surface area contributed by atoms with E-state index in [1.165, 1.54) is 25.7 Å². The molecule has 1 amide bonds. The molecule has 3 nitrogen and oxygen atoms in total. The fourth-order valence-electron chi connectivity index (χ4n) is 2.31. The summed E-state index contributed by atoms with van der Waals surface area (Å²) in [6.45, 7) is 7.43. The number of hydrogen-bond acceptors (Lipinski definition) is 2. The third-order valence-electron chi connectivity index (χ3n) is 3.84. The Labute approximate surface area is 129 Å². The first-order valence-electron chi connectivity index (χ1n) is 8.04. The Bertz CT molecular complexity index is 423. The molecule has 0 aliphatic rings. The highest BCUT2D eigenvalue weighted by atomic mass is 16.1. The first-order valence-corrected chi connectivity index (χ1v) is 8.04. The summed E-state index contributed by atoms with van der Waals surface area (Å²) in [7, 11) is 0. The van der Waals surface area contributed by atoms with E-state index in [0.717, 1.165) is 24.2 Å². The van der Waals surface area contributed by atoms with Crippen LogP contribution in [0.25, 0.3) is 0 Å². The molecule has 3 N–H and O–H groups in total. The van der Waals surface area contributed by atoms with Gasteiger partial charge in [-0.1, -0.05) is 52.2 Å². The number of amides is 1. The third-order valence-corrected chi connectivity index (χ3v) is 3.84. The summed E-state index contributed by atoms with van der Waals surface area (Å²) in [4.78, 5) is 11.9. The molecule has 0 saturated heterocycles. The van der Waals surface area contributed by atoms with Crippen LogP contribution in [-0.4, -0.2) is 12.5 Å². The van der Waals surface area contributed by atoms with Gasteiger partial charge >= 0.3 is 0 Å². The predicted molar refractivity (Wildman–Crippen MR) is 90.1 cm³/mol. The Morgan fingerprint density at radius 1 is 1.19 bits per heavy atom. The minimum Gasteiger partial charge on any atom is -0.399 e. The van der Waals surface area contributed by atoms with Gasteiger partial charge < -0.3 is 11.1 Å². The van der Waals surface area contributed by atoms with Crippen LogP contribution in [0, 0.1) is 5.41 Å². The van der Waals surface area contributed by atoms with E-state index >= 15 is 0 Å². The number of hydrogen-bond donors (Lipinski definition) is 2. The molecule has 0 aliphatic heterocycles. The first kappa shape index (κ1) is 17.5. The van der Waals surface area contributed by atoms with Crippen molar-refractivity contribution in [2.24, 2.45) is 5.41 Å². The molecule has 3 heteroatoms. The Kier molecular flexibility index (Phi) is 7.27. The molecule has 0 heterocycles. The summed E-state index contributed by atoms with van der Waals surface area (Å²) in [5, 5.41) is 3.07. The number of rotatable bonds is 9. The number of carbonyl (C=O) groups is 1. The van der Waals surface area contributed by atoms with Gasteiger partial charge in [-0.15, -0.1) is 0 Å². The molecule has 0 spiro atoms. The van der Waals surface area contributed by atoms with Crippen molar-refractivity contribution in [3.63, 3.8) is 0 Å². The van der Waals surface area contributed by atoms with Crippen LogP contribution in [0.1, 0.15) is 58.4 Å². The largest absolute Gasteiger partial charge is 0.399 e. The van der Waals surface area contributed by atoms with Crippen LogP contribution in [0.15, 0.2) is 24.3 Å². The number of benzene rings is 1. The van der Waals surface area contributed by atoms with E-state index in [9.17, 15) is 4.79 Å². The number of anilines is 1. The lowest BCUT2D eigenvalue weighted by molar-refractivity contribution is -0.121. The lowest BCUT2D eigenvalue weighted by Gasteiger charge is -2.25. The second-order valence-electron chi connectivity index (χ2n) is 6.64. The van der Waals surface area contributed by atoms with Gasteiger partial charge in [-0.2, -0.15) is 0 Å². The Balaban J connectivity index is 2.25. The van der Waals surface area contributed by atoms with E-state index in [2.05, 4.69) is 26.1 Å². The molecule has 1 rings (SSSR count). The van der Waals surface area contributed by atoms with Crippen molar-refractivity contribution in [3.8, 4) is 0 Å². The zero-order valence-electron chi connectivity index (χ0n) is 13.7. The third kappa shape index (κ3) is 7.74. The Morgan fingerprint density at radius 3 is 2.48 bits per heavy atom. The monoisotopic (exact) mass is 290 g/mol. The van der Waals surface area contributed by atoms with Gasteiger partial charge in [0, 0.05) is 18.7 Å². The average Bonchev–Trinajstić information content (AvgIpc) is 2.45. The van der Waals surface area contributed by atoms with Gasteiger partial charge in [0.25, 0.3) is 0 Å². The highest BCUT2D eigenvalue weighted by Crippen LogP contribution is 2.22. The summed E-state index contributed by atoms with van der Waals surface area (Å²) in [5.41, 5.74) is 7.75. The molecule has 1 aromatic rings. The van der Waals surface area contributed by atoms with E-state index in [0.29, 0.717) is 6.42 Å². The van der Waals surface area contributed by atoms with Crippen LogP contribution in [0.5, 0.6) is 0 Å². The van der Waals surface area contributed by atoms with Crippen molar-refractivity contribution in [3.05, 3.63) is 29.8 Å². The zero-order valence-corrected chi connectivity index (χ0v) is 13.7. The van der Waals surface area contributed by atoms with Crippen molar-refractivity contribution < 1.29 is 4.79 Å². The van der Waals surface area contributed by atoms with Crippen LogP contribution >= 0.6 is 0 Å². The molecular formula is C18H30N2O. The van der Waals surface area contributed by atoms with Gasteiger partial charge in [-0.05, 0) is 36.0 Å². The topological polar surface area (TPSA) is 55.1 Å². The Morgan fingerprint density at radius 2 is 1.86 bits per heavy atom. The van der Waals surface area contributed by atoms with Crippen LogP contribution in [-0.2, 0) is 11.2 Å². The van der Waals surface area contributed by atoms with E-state index in [-0.39, 0.29) is 11.3 Å². The number of aryl methyl sites for hydroxylation is 1. The first-order chi connectivity index (χ1) is 9.93. The van der Waals surface area contributed by atoms with Gasteiger partial charge in [0.05, 0.1) is 0 Å². The van der Waals surface area contributed by atoms with Crippen molar-refractivity contribution >= 4 is 11.6 Å². The Hall–Kier alpha value is -1.51. The number of carbonyl (C=O) groups excluding carboxylic acids is 1. The van der Waals surface area contributed by atoms with Gasteiger partial charge in [-0.3, -0.25) is 4.79 Å². The van der Waals surface area contributed by atoms with Crippen molar-refractivity contribution in [2.45, 2.75) is 59.3 Å². The summed E-state index contributed by atoms with van der Waals surface area (Å²) in [6, 6.07) is 7.72. The van der Waals surface area contributed by atoms with Gasteiger partial charge in [0.15, 0.2) is 0 Å². The average molecular weight is 290 g/mol. The maximum absolute atomic E-state index is 11.9. The summed E-state index contributed by atoms with van der Waals surface area (Å²) in [5.74, 6) is 0.135. The molecule has 1 aromatic carbocycles. The summed E-state index contributed by atoms with van der Waals surface area (Å²) in [6.07, 6.45) is 6.22. The van der Waals surface area contributed by atoms with Gasteiger partial charge in [0.2, 0.25) is 5.91 Å². The minimum absolute atomic E-state index is 0.135. The quantitative estimate of drug-likeness (QED) is 0.535. The molecule has 0 saturated carbocycles. The van der Waals surface area contributed by atoms with E-state index < -0.39 is 0 Å². The van der Waals surface area contributed by atoms with E-state index in [1.807, 2.05) is 24.3 Å².